The van der Waals surface area contributed by atoms with Crippen LogP contribution in [0.15, 0.2) is 17.0 Å². The van der Waals surface area contributed by atoms with E-state index in [0.717, 1.165) is 12.1 Å². The van der Waals surface area contributed by atoms with Crippen molar-refractivity contribution >= 4 is 39.3 Å². The second-order valence-electron chi connectivity index (χ2n) is 2.48. The summed E-state index contributed by atoms with van der Waals surface area (Å²) in [6.45, 7) is 0. The molecule has 0 aliphatic rings. The third kappa shape index (κ3) is 5.76. The summed E-state index contributed by atoms with van der Waals surface area (Å²) < 4.78 is 32.2. The first kappa shape index (κ1) is 21.7. The van der Waals surface area contributed by atoms with Gasteiger partial charge >= 0.3 is 103 Å². The van der Waals surface area contributed by atoms with Crippen molar-refractivity contribution in [2.75, 3.05) is 0 Å². The smallest absolute Gasteiger partial charge is 0.744 e. The van der Waals surface area contributed by atoms with Gasteiger partial charge in [0.05, 0.1) is 20.9 Å². The maximum atomic E-state index is 10.7. The van der Waals surface area contributed by atoms with Crippen LogP contribution in [0.25, 0.3) is 0 Å². The zero-order valence-corrected chi connectivity index (χ0v) is 17.4. The van der Waals surface area contributed by atoms with E-state index in [9.17, 15) is 22.9 Å². The van der Waals surface area contributed by atoms with Gasteiger partial charge in [-0.25, -0.2) is 8.42 Å². The van der Waals surface area contributed by atoms with Crippen molar-refractivity contribution < 1.29 is 126 Å². The van der Waals surface area contributed by atoms with Crippen LogP contribution in [0.2, 0.25) is 10.0 Å². The average molecular weight is 347 g/mol. The molecule has 1 aromatic carbocycles. The van der Waals surface area contributed by atoms with Gasteiger partial charge in [0.15, 0.2) is 0 Å². The quantitative estimate of drug-likeness (QED) is 0.392. The molecule has 0 fully saturated rings. The number of hydrogen-bond acceptors (Lipinski definition) is 5. The minimum Gasteiger partial charge on any atom is -0.744 e. The molecule has 0 amide bonds. The van der Waals surface area contributed by atoms with E-state index in [4.69, 9.17) is 23.2 Å². The molecular weight excluding hydrogens is 345 g/mol. The topological polar surface area (TPSA) is 97.3 Å². The number of rotatable bonds is 2. The summed E-state index contributed by atoms with van der Waals surface area (Å²) in [6.07, 6.45) is 0. The van der Waals surface area contributed by atoms with Gasteiger partial charge in [0.2, 0.25) is 0 Å². The molecule has 17 heavy (non-hydrogen) atoms. The van der Waals surface area contributed by atoms with Crippen LogP contribution in [-0.4, -0.2) is 18.9 Å². The minimum absolute atomic E-state index is 0. The van der Waals surface area contributed by atoms with Crippen LogP contribution in [0.1, 0.15) is 10.4 Å². The van der Waals surface area contributed by atoms with Crippen molar-refractivity contribution in [3.63, 3.8) is 0 Å². The van der Waals surface area contributed by atoms with E-state index in [1.807, 2.05) is 0 Å². The van der Waals surface area contributed by atoms with Crippen LogP contribution in [0.5, 0.6) is 0 Å². The van der Waals surface area contributed by atoms with Gasteiger partial charge in [-0.2, -0.15) is 0 Å². The van der Waals surface area contributed by atoms with Crippen LogP contribution >= 0.6 is 23.2 Å². The second-order valence-corrected chi connectivity index (χ2v) is 4.58. The van der Waals surface area contributed by atoms with Gasteiger partial charge in [-0.05, 0) is 6.07 Å². The molecule has 0 atom stereocenters. The van der Waals surface area contributed by atoms with Gasteiger partial charge < -0.3 is 14.5 Å². The van der Waals surface area contributed by atoms with E-state index >= 15 is 0 Å². The number of aromatic carboxylic acids is 1. The van der Waals surface area contributed by atoms with Crippen LogP contribution in [0.3, 0.4) is 0 Å². The van der Waals surface area contributed by atoms with Crippen molar-refractivity contribution in [3.8, 4) is 0 Å². The Bertz CT molecular complexity index is 531. The van der Waals surface area contributed by atoms with Gasteiger partial charge in [-0.1, -0.05) is 29.3 Å². The maximum absolute atomic E-state index is 10.7. The van der Waals surface area contributed by atoms with Crippen LogP contribution in [0, 0.1) is 0 Å². The van der Waals surface area contributed by atoms with E-state index in [0.29, 0.717) is 0 Å². The van der Waals surface area contributed by atoms with E-state index < -0.39 is 31.6 Å². The average Bonchev–Trinajstić information content (AvgIpc) is 2.06. The number of carbonyl (C=O) groups is 1. The van der Waals surface area contributed by atoms with Gasteiger partial charge in [0.25, 0.3) is 0 Å². The minimum atomic E-state index is -5.02. The summed E-state index contributed by atoms with van der Waals surface area (Å²) in [7, 11) is -5.02. The van der Waals surface area contributed by atoms with Crippen LogP contribution in [-0.2, 0) is 10.1 Å². The zero-order valence-electron chi connectivity index (χ0n) is 8.86. The molecule has 0 aliphatic carbocycles. The molecule has 0 saturated heterocycles. The summed E-state index contributed by atoms with van der Waals surface area (Å²) in [5, 5.41) is 9.67. The maximum Gasteiger partial charge on any atom is 1.00 e. The number of halogens is 2. The van der Waals surface area contributed by atoms with Gasteiger partial charge in [-0.3, -0.25) is 0 Å². The Labute approximate surface area is 193 Å². The van der Waals surface area contributed by atoms with Crippen molar-refractivity contribution in [2.45, 2.75) is 4.90 Å². The first-order valence-corrected chi connectivity index (χ1v) is 5.57. The van der Waals surface area contributed by atoms with Gasteiger partial charge in [0, 0.05) is 5.56 Å². The molecule has 0 bridgehead atoms. The molecule has 0 N–H and O–H groups in total. The number of carboxylic acids is 1. The largest absolute Gasteiger partial charge is 1.00 e. The molecule has 1 rings (SSSR count). The van der Waals surface area contributed by atoms with E-state index in [2.05, 4.69) is 0 Å². The third-order valence-electron chi connectivity index (χ3n) is 1.52. The summed E-state index contributed by atoms with van der Waals surface area (Å²) in [6, 6.07) is 1.90. The summed E-state index contributed by atoms with van der Waals surface area (Å²) in [4.78, 5) is 9.44. The molecule has 0 radical (unpaired) electrons. The predicted molar refractivity (Wildman–Crippen MR) is 48.8 cm³/mol. The normalized spacial score (nSPS) is 10.1. The summed E-state index contributed by atoms with van der Waals surface area (Å²) in [5.41, 5.74) is -0.806. The summed E-state index contributed by atoms with van der Waals surface area (Å²) >= 11 is 10.9. The van der Waals surface area contributed by atoms with Crippen molar-refractivity contribution in [3.05, 3.63) is 27.7 Å². The monoisotopic (exact) mass is 346 g/mol. The SMILES string of the molecule is O=C([O-])c1ccc(Cl)c(Cl)c1S(=O)(=O)[O-].[K+].[K+]. The molecule has 0 aromatic heterocycles. The Hall–Kier alpha value is 2.45. The van der Waals surface area contributed by atoms with Gasteiger partial charge in [-0.15, -0.1) is 0 Å². The van der Waals surface area contributed by atoms with Crippen molar-refractivity contribution in [1.82, 2.24) is 0 Å². The van der Waals surface area contributed by atoms with Crippen LogP contribution in [0.4, 0.5) is 0 Å². The molecule has 0 unspecified atom stereocenters. The van der Waals surface area contributed by atoms with E-state index in [1.165, 1.54) is 0 Å². The van der Waals surface area contributed by atoms with Crippen molar-refractivity contribution in [2.24, 2.45) is 0 Å². The van der Waals surface area contributed by atoms with E-state index in [1.54, 1.807) is 0 Å². The fraction of sp³-hybridized carbons (Fsp3) is 0. The zero-order chi connectivity index (χ0) is 11.8. The Morgan fingerprint density at radius 1 is 1.18 bits per heavy atom. The first-order valence-electron chi connectivity index (χ1n) is 3.40. The number of carbonyl (C=O) groups excluding carboxylic acids is 1. The Kier molecular flexibility index (Phi) is 11.1. The number of benzene rings is 1. The third-order valence-corrected chi connectivity index (χ3v) is 3.36. The number of hydrogen-bond donors (Lipinski definition) is 0. The molecule has 0 spiro atoms. The Morgan fingerprint density at radius 3 is 2.00 bits per heavy atom. The molecule has 5 nitrogen and oxygen atoms in total. The molecule has 0 heterocycles. The Balaban J connectivity index is 0. The van der Waals surface area contributed by atoms with E-state index in [-0.39, 0.29) is 108 Å². The standard InChI is InChI=1S/C7H4Cl2O5S.2K/c8-4-2-1-3(7(10)11)6(5(4)9)15(12,13)14;;/h1-2H,(H,10,11)(H,12,13,14);;/q;2*+1/p-2. The fourth-order valence-electron chi connectivity index (χ4n) is 0.937. The van der Waals surface area contributed by atoms with Gasteiger partial charge in [0.1, 0.15) is 10.1 Å². The molecule has 82 valence electrons. The molecule has 1 aromatic rings. The summed E-state index contributed by atoms with van der Waals surface area (Å²) in [5.74, 6) is -1.82. The molecule has 10 heteroatoms. The fourth-order valence-corrected chi connectivity index (χ4v) is 2.35. The Morgan fingerprint density at radius 2 is 1.65 bits per heavy atom. The molecule has 0 aliphatic heterocycles. The molecular formula is C7H2Cl2K2O5S. The first-order chi connectivity index (χ1) is 6.75. The van der Waals surface area contributed by atoms with Crippen molar-refractivity contribution in [1.29, 1.82) is 0 Å². The predicted octanol–water partition coefficient (Wildman–Crippen LogP) is -5.73. The molecule has 0 saturated carbocycles. The van der Waals surface area contributed by atoms with Crippen LogP contribution < -0.4 is 108 Å². The number of carboxylic acid groups (broad SMARTS) is 1. The second kappa shape index (κ2) is 8.68.